The second kappa shape index (κ2) is 9.77. The Bertz CT molecular complexity index is 1140. The van der Waals surface area contributed by atoms with Crippen LogP contribution in [0.1, 0.15) is 18.4 Å². The van der Waals surface area contributed by atoms with Crippen LogP contribution in [0.15, 0.2) is 47.3 Å². The van der Waals surface area contributed by atoms with Gasteiger partial charge in [0.1, 0.15) is 12.1 Å². The zero-order valence-corrected chi connectivity index (χ0v) is 18.5. The minimum atomic E-state index is -0.326. The molecule has 1 aliphatic heterocycles. The first-order chi connectivity index (χ1) is 15.0. The van der Waals surface area contributed by atoms with Crippen LogP contribution in [0.3, 0.4) is 0 Å². The van der Waals surface area contributed by atoms with Crippen LogP contribution in [0.25, 0.3) is 10.9 Å². The number of likely N-dealkylation sites (tertiary alicyclic amines) is 1. The van der Waals surface area contributed by atoms with Gasteiger partial charge in [0.15, 0.2) is 0 Å². The Morgan fingerprint density at radius 3 is 2.61 bits per heavy atom. The lowest BCUT2D eigenvalue weighted by Crippen LogP contribution is -2.41. The summed E-state index contributed by atoms with van der Waals surface area (Å²) in [6, 6.07) is 12.3. The monoisotopic (exact) mass is 459 g/mol. The van der Waals surface area contributed by atoms with E-state index in [1.165, 1.54) is 12.8 Å². The first-order valence-electron chi connectivity index (χ1n) is 10.3. The fourth-order valence-electron chi connectivity index (χ4n) is 3.77. The van der Waals surface area contributed by atoms with Gasteiger partial charge < -0.3 is 9.80 Å². The van der Waals surface area contributed by atoms with E-state index < -0.39 is 0 Å². The first-order valence-corrected chi connectivity index (χ1v) is 11.0. The number of benzene rings is 2. The molecule has 1 aliphatic rings. The van der Waals surface area contributed by atoms with Crippen molar-refractivity contribution in [1.82, 2.24) is 24.8 Å². The summed E-state index contributed by atoms with van der Waals surface area (Å²) in [4.78, 5) is 30.0. The van der Waals surface area contributed by atoms with Gasteiger partial charge >= 0.3 is 0 Å². The molecule has 0 aliphatic carbocycles. The van der Waals surface area contributed by atoms with Crippen molar-refractivity contribution < 1.29 is 4.79 Å². The highest BCUT2D eigenvalue weighted by atomic mass is 35.5. The lowest BCUT2D eigenvalue weighted by atomic mass is 10.2. The molecule has 2 heterocycles. The van der Waals surface area contributed by atoms with E-state index in [4.69, 9.17) is 23.2 Å². The Kier molecular flexibility index (Phi) is 6.85. The number of amides is 1. The van der Waals surface area contributed by atoms with Gasteiger partial charge in [-0.05, 0) is 55.8 Å². The second-order valence-corrected chi connectivity index (χ2v) is 8.50. The molecule has 1 aromatic heterocycles. The zero-order chi connectivity index (χ0) is 21.8. The fraction of sp³-hybridized carbons (Fsp3) is 0.364. The molecular weight excluding hydrogens is 437 g/mol. The molecule has 4 rings (SSSR count). The lowest BCUT2D eigenvalue weighted by Gasteiger charge is -2.26. The molecule has 162 valence electrons. The van der Waals surface area contributed by atoms with Crippen molar-refractivity contribution in [1.29, 1.82) is 0 Å². The number of halogens is 2. The minimum Gasteiger partial charge on any atom is -0.335 e. The molecule has 2 aromatic carbocycles. The summed E-state index contributed by atoms with van der Waals surface area (Å²) in [5, 5.41) is 9.39. The van der Waals surface area contributed by atoms with E-state index in [1.807, 2.05) is 6.07 Å². The number of aromatic nitrogens is 3. The SMILES string of the molecule is O=C(Cn1nnc2ccccc2c1=O)N(CCN1CCCC1)Cc1ccc(Cl)c(Cl)c1. The van der Waals surface area contributed by atoms with Crippen LogP contribution >= 0.6 is 23.2 Å². The van der Waals surface area contributed by atoms with Crippen LogP contribution in [0.4, 0.5) is 0 Å². The van der Waals surface area contributed by atoms with Crippen LogP contribution in [0.2, 0.25) is 10.0 Å². The van der Waals surface area contributed by atoms with E-state index in [-0.39, 0.29) is 18.0 Å². The van der Waals surface area contributed by atoms with Gasteiger partial charge in [0.2, 0.25) is 5.91 Å². The smallest absolute Gasteiger partial charge is 0.278 e. The Hall–Kier alpha value is -2.48. The predicted octanol–water partition coefficient (Wildman–Crippen LogP) is 3.22. The van der Waals surface area contributed by atoms with Gasteiger partial charge in [-0.3, -0.25) is 9.59 Å². The van der Waals surface area contributed by atoms with Gasteiger partial charge in [-0.1, -0.05) is 46.6 Å². The maximum absolute atomic E-state index is 13.2. The molecule has 0 saturated carbocycles. The van der Waals surface area contributed by atoms with Crippen molar-refractivity contribution in [2.75, 3.05) is 26.2 Å². The fourth-order valence-corrected chi connectivity index (χ4v) is 4.09. The molecule has 0 N–H and O–H groups in total. The van der Waals surface area contributed by atoms with Crippen molar-refractivity contribution in [2.45, 2.75) is 25.9 Å². The van der Waals surface area contributed by atoms with Crippen LogP contribution in [0.5, 0.6) is 0 Å². The first kappa shape index (κ1) is 21.7. The summed E-state index contributed by atoms with van der Waals surface area (Å²) in [6.07, 6.45) is 2.37. The van der Waals surface area contributed by atoms with Crippen LogP contribution in [-0.4, -0.2) is 56.9 Å². The summed E-state index contributed by atoms with van der Waals surface area (Å²) in [5.41, 5.74) is 1.06. The van der Waals surface area contributed by atoms with E-state index in [1.54, 1.807) is 41.3 Å². The molecule has 31 heavy (non-hydrogen) atoms. The third-order valence-corrected chi connectivity index (χ3v) is 6.25. The predicted molar refractivity (Wildman–Crippen MR) is 121 cm³/mol. The number of fused-ring (bicyclic) bond motifs is 1. The van der Waals surface area contributed by atoms with Crippen molar-refractivity contribution >= 4 is 40.0 Å². The van der Waals surface area contributed by atoms with Crippen molar-refractivity contribution in [2.24, 2.45) is 0 Å². The molecule has 0 radical (unpaired) electrons. The number of hydrogen-bond donors (Lipinski definition) is 0. The largest absolute Gasteiger partial charge is 0.335 e. The van der Waals surface area contributed by atoms with Gasteiger partial charge in [0.05, 0.1) is 15.4 Å². The number of rotatable bonds is 7. The second-order valence-electron chi connectivity index (χ2n) is 7.68. The minimum absolute atomic E-state index is 0.169. The van der Waals surface area contributed by atoms with E-state index in [0.29, 0.717) is 34.0 Å². The standard InChI is InChI=1S/C22H23Cl2N5O2/c23-18-8-7-16(13-19(18)24)14-28(12-11-27-9-3-4-10-27)21(30)15-29-22(31)17-5-1-2-6-20(17)25-26-29/h1-2,5-8,13H,3-4,9-12,14-15H2. The number of nitrogens with zero attached hydrogens (tertiary/aromatic N) is 5. The van der Waals surface area contributed by atoms with Gasteiger partial charge in [0, 0.05) is 19.6 Å². The highest BCUT2D eigenvalue weighted by Crippen LogP contribution is 2.23. The maximum Gasteiger partial charge on any atom is 0.278 e. The van der Waals surface area contributed by atoms with Crippen LogP contribution in [0, 0.1) is 0 Å². The third kappa shape index (κ3) is 5.23. The van der Waals surface area contributed by atoms with E-state index in [0.717, 1.165) is 29.9 Å². The quantitative estimate of drug-likeness (QED) is 0.542. The number of carbonyl (C=O) groups excluding carboxylic acids is 1. The molecule has 0 unspecified atom stereocenters. The lowest BCUT2D eigenvalue weighted by molar-refractivity contribution is -0.133. The highest BCUT2D eigenvalue weighted by molar-refractivity contribution is 6.42. The number of hydrogen-bond acceptors (Lipinski definition) is 5. The molecule has 1 fully saturated rings. The van der Waals surface area contributed by atoms with E-state index in [2.05, 4.69) is 15.2 Å². The zero-order valence-electron chi connectivity index (χ0n) is 17.0. The summed E-state index contributed by atoms with van der Waals surface area (Å²) >= 11 is 12.2. The number of carbonyl (C=O) groups is 1. The molecule has 3 aromatic rings. The molecule has 1 saturated heterocycles. The van der Waals surface area contributed by atoms with Gasteiger partial charge in [-0.2, -0.15) is 0 Å². The van der Waals surface area contributed by atoms with Gasteiger partial charge in [0.25, 0.3) is 5.56 Å². The Labute approximate surface area is 190 Å². The highest BCUT2D eigenvalue weighted by Gasteiger charge is 2.20. The maximum atomic E-state index is 13.2. The average molecular weight is 460 g/mol. The van der Waals surface area contributed by atoms with E-state index >= 15 is 0 Å². The Balaban J connectivity index is 1.54. The molecular formula is C22H23Cl2N5O2. The van der Waals surface area contributed by atoms with Gasteiger partial charge in [-0.25, -0.2) is 4.68 Å². The van der Waals surface area contributed by atoms with Crippen molar-refractivity contribution in [3.05, 3.63) is 68.4 Å². The van der Waals surface area contributed by atoms with Crippen LogP contribution in [-0.2, 0) is 17.9 Å². The summed E-state index contributed by atoms with van der Waals surface area (Å²) in [7, 11) is 0. The summed E-state index contributed by atoms with van der Waals surface area (Å²) in [5.74, 6) is -0.197. The summed E-state index contributed by atoms with van der Waals surface area (Å²) in [6.45, 7) is 3.63. The molecule has 0 spiro atoms. The molecule has 0 atom stereocenters. The molecule has 1 amide bonds. The molecule has 7 nitrogen and oxygen atoms in total. The molecule has 0 bridgehead atoms. The summed E-state index contributed by atoms with van der Waals surface area (Å²) < 4.78 is 1.13. The average Bonchev–Trinajstić information content (AvgIpc) is 3.29. The molecule has 9 heteroatoms. The van der Waals surface area contributed by atoms with Crippen molar-refractivity contribution in [3.63, 3.8) is 0 Å². The topological polar surface area (TPSA) is 71.3 Å². The van der Waals surface area contributed by atoms with Crippen molar-refractivity contribution in [3.8, 4) is 0 Å². The normalized spacial score (nSPS) is 14.3. The van der Waals surface area contributed by atoms with Gasteiger partial charge in [-0.15, -0.1) is 5.10 Å². The Morgan fingerprint density at radius 1 is 1.06 bits per heavy atom. The Morgan fingerprint density at radius 2 is 1.84 bits per heavy atom. The van der Waals surface area contributed by atoms with E-state index in [9.17, 15) is 9.59 Å². The third-order valence-electron chi connectivity index (χ3n) is 5.51. The van der Waals surface area contributed by atoms with Crippen LogP contribution < -0.4 is 5.56 Å².